The van der Waals surface area contributed by atoms with Gasteiger partial charge in [0.1, 0.15) is 0 Å². The summed E-state index contributed by atoms with van der Waals surface area (Å²) in [5, 5.41) is 11.9. The maximum absolute atomic E-state index is 11.7. The average molecular weight is 230 g/mol. The highest BCUT2D eigenvalue weighted by atomic mass is 16.3. The highest BCUT2D eigenvalue weighted by molar-refractivity contribution is 5.77. The summed E-state index contributed by atoms with van der Waals surface area (Å²) in [6.07, 6.45) is 0.298. The molecule has 4 N–H and O–H groups in total. The fourth-order valence-electron chi connectivity index (χ4n) is 1.19. The number of carbonyl (C=O) groups is 1. The molecule has 1 unspecified atom stereocenters. The van der Waals surface area contributed by atoms with Crippen molar-refractivity contribution in [1.82, 2.24) is 5.32 Å². The predicted octanol–water partition coefficient (Wildman–Crippen LogP) is 0.883. The highest BCUT2D eigenvalue weighted by Gasteiger charge is 2.24. The molecule has 1 amide bonds. The second kappa shape index (κ2) is 6.21. The minimum Gasteiger partial charge on any atom is -0.394 e. The molecule has 4 nitrogen and oxygen atoms in total. The van der Waals surface area contributed by atoms with Crippen molar-refractivity contribution in [2.45, 2.75) is 53.1 Å². The summed E-state index contributed by atoms with van der Waals surface area (Å²) in [6, 6.07) is -0.348. The third-order valence-electron chi connectivity index (χ3n) is 2.87. The number of hydrogen-bond acceptors (Lipinski definition) is 3. The van der Waals surface area contributed by atoms with E-state index in [4.69, 9.17) is 10.8 Å². The Morgan fingerprint density at radius 2 is 1.88 bits per heavy atom. The van der Waals surface area contributed by atoms with E-state index in [0.29, 0.717) is 6.42 Å². The molecule has 0 bridgehead atoms. The fourth-order valence-corrected chi connectivity index (χ4v) is 1.19. The van der Waals surface area contributed by atoms with Crippen LogP contribution in [0, 0.1) is 11.3 Å². The van der Waals surface area contributed by atoms with Crippen molar-refractivity contribution in [1.29, 1.82) is 0 Å². The molecule has 4 heteroatoms. The summed E-state index contributed by atoms with van der Waals surface area (Å²) in [4.78, 5) is 11.7. The number of nitrogens with two attached hydrogens (primary N) is 1. The normalized spacial score (nSPS) is 16.0. The summed E-state index contributed by atoms with van der Waals surface area (Å²) >= 11 is 0. The van der Waals surface area contributed by atoms with Gasteiger partial charge < -0.3 is 16.2 Å². The molecule has 0 aromatic carbocycles. The lowest BCUT2D eigenvalue weighted by Gasteiger charge is -2.28. The van der Waals surface area contributed by atoms with E-state index in [1.165, 1.54) is 0 Å². The van der Waals surface area contributed by atoms with E-state index < -0.39 is 0 Å². The van der Waals surface area contributed by atoms with Crippen LogP contribution >= 0.6 is 0 Å². The summed E-state index contributed by atoms with van der Waals surface area (Å²) in [5.41, 5.74) is 5.84. The van der Waals surface area contributed by atoms with E-state index in [9.17, 15) is 4.79 Å². The molecular weight excluding hydrogens is 204 g/mol. The van der Waals surface area contributed by atoms with Gasteiger partial charge in [-0.3, -0.25) is 4.79 Å². The van der Waals surface area contributed by atoms with Crippen molar-refractivity contribution in [2.24, 2.45) is 17.1 Å². The van der Waals surface area contributed by atoms with Crippen molar-refractivity contribution in [3.8, 4) is 0 Å². The zero-order valence-corrected chi connectivity index (χ0v) is 11.1. The Morgan fingerprint density at radius 1 is 1.38 bits per heavy atom. The van der Waals surface area contributed by atoms with Gasteiger partial charge >= 0.3 is 0 Å². The number of hydrogen-bond donors (Lipinski definition) is 3. The summed E-state index contributed by atoms with van der Waals surface area (Å²) < 4.78 is 0. The maximum Gasteiger partial charge on any atom is 0.221 e. The zero-order chi connectivity index (χ0) is 12.9. The molecule has 16 heavy (non-hydrogen) atoms. The van der Waals surface area contributed by atoms with Gasteiger partial charge in [-0.2, -0.15) is 0 Å². The van der Waals surface area contributed by atoms with Gasteiger partial charge in [0.05, 0.1) is 12.6 Å². The first kappa shape index (κ1) is 15.4. The molecule has 0 aliphatic rings. The van der Waals surface area contributed by atoms with Gasteiger partial charge in [0.25, 0.3) is 0 Å². The summed E-state index contributed by atoms with van der Waals surface area (Å²) in [5.74, 6) is 0.134. The van der Waals surface area contributed by atoms with Crippen molar-refractivity contribution < 1.29 is 9.90 Å². The maximum atomic E-state index is 11.7. The molecule has 0 spiro atoms. The quantitative estimate of drug-likeness (QED) is 0.656. The second-order valence-electron chi connectivity index (χ2n) is 5.78. The molecule has 0 aromatic rings. The van der Waals surface area contributed by atoms with E-state index in [-0.39, 0.29) is 35.9 Å². The van der Waals surface area contributed by atoms with Crippen LogP contribution in [0.2, 0.25) is 0 Å². The minimum atomic E-state index is -0.181. The standard InChI is InChI=1S/C12H26N2O2/c1-8(2)9(7-15)14-11(16)6-10(13)12(3,4)5/h8-10,15H,6-7,13H2,1-5H3,(H,14,16)/t9-,10?/m1/s1. The van der Waals surface area contributed by atoms with Crippen LogP contribution in [-0.2, 0) is 4.79 Å². The molecule has 0 saturated carbocycles. The van der Waals surface area contributed by atoms with E-state index >= 15 is 0 Å². The number of aliphatic hydroxyl groups is 1. The van der Waals surface area contributed by atoms with E-state index in [1.807, 2.05) is 34.6 Å². The largest absolute Gasteiger partial charge is 0.394 e. The van der Waals surface area contributed by atoms with Gasteiger partial charge in [0.15, 0.2) is 0 Å². The first-order valence-electron chi connectivity index (χ1n) is 5.84. The molecule has 0 radical (unpaired) electrons. The molecule has 0 rings (SSSR count). The van der Waals surface area contributed by atoms with Crippen LogP contribution in [0.25, 0.3) is 0 Å². The van der Waals surface area contributed by atoms with Gasteiger partial charge in [-0.1, -0.05) is 34.6 Å². The lowest BCUT2D eigenvalue weighted by Crippen LogP contribution is -2.45. The third kappa shape index (κ3) is 5.47. The van der Waals surface area contributed by atoms with Gasteiger partial charge in [0.2, 0.25) is 5.91 Å². The molecule has 0 heterocycles. The smallest absolute Gasteiger partial charge is 0.221 e. The van der Waals surface area contributed by atoms with E-state index in [2.05, 4.69) is 5.32 Å². The molecule has 2 atom stereocenters. The molecule has 96 valence electrons. The lowest BCUT2D eigenvalue weighted by molar-refractivity contribution is -0.123. The Labute approximate surface area is 98.6 Å². The van der Waals surface area contributed by atoms with Crippen LogP contribution in [0.5, 0.6) is 0 Å². The number of carbonyl (C=O) groups excluding carboxylic acids is 1. The SMILES string of the molecule is CC(C)[C@@H](CO)NC(=O)CC(N)C(C)(C)C. The van der Waals surface area contributed by atoms with Crippen molar-refractivity contribution in [3.05, 3.63) is 0 Å². The monoisotopic (exact) mass is 230 g/mol. The Kier molecular flexibility index (Phi) is 5.97. The Hall–Kier alpha value is -0.610. The summed E-state index contributed by atoms with van der Waals surface area (Å²) in [6.45, 7) is 9.93. The minimum absolute atomic E-state index is 0.0336. The second-order valence-corrected chi connectivity index (χ2v) is 5.78. The molecule has 0 aliphatic heterocycles. The number of rotatable bonds is 5. The molecule has 0 aromatic heterocycles. The average Bonchev–Trinajstić information content (AvgIpc) is 2.11. The highest BCUT2D eigenvalue weighted by Crippen LogP contribution is 2.19. The van der Waals surface area contributed by atoms with Crippen LogP contribution in [-0.4, -0.2) is 29.7 Å². The fraction of sp³-hybridized carbons (Fsp3) is 0.917. The van der Waals surface area contributed by atoms with Crippen LogP contribution in [0.4, 0.5) is 0 Å². The first-order valence-corrected chi connectivity index (χ1v) is 5.84. The van der Waals surface area contributed by atoms with Gasteiger partial charge in [-0.15, -0.1) is 0 Å². The first-order chi connectivity index (χ1) is 7.18. The van der Waals surface area contributed by atoms with Crippen molar-refractivity contribution in [3.63, 3.8) is 0 Å². The number of aliphatic hydroxyl groups excluding tert-OH is 1. The Balaban J connectivity index is 4.18. The van der Waals surface area contributed by atoms with Crippen LogP contribution < -0.4 is 11.1 Å². The number of nitrogens with one attached hydrogen (secondary N) is 1. The lowest BCUT2D eigenvalue weighted by atomic mass is 9.85. The molecule has 0 saturated heterocycles. The Morgan fingerprint density at radius 3 is 2.19 bits per heavy atom. The van der Waals surface area contributed by atoms with E-state index in [1.54, 1.807) is 0 Å². The topological polar surface area (TPSA) is 75.3 Å². The summed E-state index contributed by atoms with van der Waals surface area (Å²) in [7, 11) is 0. The van der Waals surface area contributed by atoms with E-state index in [0.717, 1.165) is 0 Å². The van der Waals surface area contributed by atoms with Gasteiger partial charge in [0, 0.05) is 12.5 Å². The van der Waals surface area contributed by atoms with Gasteiger partial charge in [-0.25, -0.2) is 0 Å². The molecular formula is C12H26N2O2. The number of amides is 1. The van der Waals surface area contributed by atoms with Crippen molar-refractivity contribution >= 4 is 5.91 Å². The van der Waals surface area contributed by atoms with Crippen molar-refractivity contribution in [2.75, 3.05) is 6.61 Å². The van der Waals surface area contributed by atoms with Crippen LogP contribution in [0.1, 0.15) is 41.0 Å². The zero-order valence-electron chi connectivity index (χ0n) is 11.1. The van der Waals surface area contributed by atoms with Crippen LogP contribution in [0.15, 0.2) is 0 Å². The Bertz CT molecular complexity index is 216. The van der Waals surface area contributed by atoms with Gasteiger partial charge in [-0.05, 0) is 11.3 Å². The molecule has 0 aliphatic carbocycles. The molecule has 0 fully saturated rings. The predicted molar refractivity (Wildman–Crippen MR) is 65.9 cm³/mol. The third-order valence-corrected chi connectivity index (χ3v) is 2.87. The van der Waals surface area contributed by atoms with Crippen LogP contribution in [0.3, 0.4) is 0 Å².